The third kappa shape index (κ3) is 1.64. The second kappa shape index (κ2) is 4.07. The van der Waals surface area contributed by atoms with Crippen LogP contribution in [0.3, 0.4) is 0 Å². The number of rotatable bonds is 2. The van der Waals surface area contributed by atoms with Gasteiger partial charge in [-0.2, -0.15) is 0 Å². The minimum Gasteiger partial charge on any atom is -0.462 e. The molecule has 2 aliphatic rings. The van der Waals surface area contributed by atoms with Gasteiger partial charge in [0, 0.05) is 0 Å². The Bertz CT molecular complexity index is 560. The third-order valence-corrected chi connectivity index (χ3v) is 5.10. The van der Waals surface area contributed by atoms with Crippen molar-refractivity contribution in [2.75, 3.05) is 0 Å². The molecule has 2 aliphatic heterocycles. The summed E-state index contributed by atoms with van der Waals surface area (Å²) in [5, 5.41) is 2.14. The fourth-order valence-corrected chi connectivity index (χ4v) is 4.27. The van der Waals surface area contributed by atoms with E-state index < -0.39 is 0 Å². The van der Waals surface area contributed by atoms with Gasteiger partial charge >= 0.3 is 0 Å². The number of hydrogen-bond acceptors (Lipinski definition) is 6. The molecule has 0 radical (unpaired) electrons. The molecule has 0 aliphatic carbocycles. The van der Waals surface area contributed by atoms with Gasteiger partial charge in [-0.25, -0.2) is 0 Å². The Kier molecular flexibility index (Phi) is 2.38. The van der Waals surface area contributed by atoms with Crippen LogP contribution in [0.1, 0.15) is 11.5 Å². The van der Waals surface area contributed by atoms with Gasteiger partial charge in [0.2, 0.25) is 0 Å². The largest absolute Gasteiger partial charge is 0.462 e. The number of thioether (sulfide) groups is 2. The Morgan fingerprint density at radius 3 is 1.72 bits per heavy atom. The molecule has 0 bridgehead atoms. The normalized spacial score (nSPS) is 26.0. The van der Waals surface area contributed by atoms with Crippen LogP contribution in [0.2, 0.25) is 0 Å². The third-order valence-electron chi connectivity index (χ3n) is 2.66. The fraction of sp³-hybridized carbons (Fsp3) is 0.167. The molecular weight excluding hydrogens is 268 g/mol. The first kappa shape index (κ1) is 10.5. The minimum atomic E-state index is 0.134. The second-order valence-electron chi connectivity index (χ2n) is 3.84. The van der Waals surface area contributed by atoms with Crippen LogP contribution in [0, 0.1) is 0 Å². The number of nitrogens with zero attached hydrogens (tertiary/aromatic N) is 2. The average Bonchev–Trinajstić information content (AvgIpc) is 3.13. The van der Waals surface area contributed by atoms with Gasteiger partial charge in [0.05, 0.1) is 12.5 Å². The van der Waals surface area contributed by atoms with E-state index in [0.717, 1.165) is 21.6 Å². The molecule has 2 aromatic heterocycles. The first-order chi connectivity index (χ1) is 8.90. The van der Waals surface area contributed by atoms with Crippen LogP contribution in [0.15, 0.2) is 55.6 Å². The topological polar surface area (TPSA) is 51.0 Å². The molecule has 0 aromatic carbocycles. The Labute approximate surface area is 112 Å². The van der Waals surface area contributed by atoms with E-state index in [1.807, 2.05) is 24.3 Å². The fourth-order valence-electron chi connectivity index (χ4n) is 1.86. The van der Waals surface area contributed by atoms with Crippen LogP contribution in [-0.2, 0) is 0 Å². The van der Waals surface area contributed by atoms with E-state index >= 15 is 0 Å². The minimum absolute atomic E-state index is 0.134. The predicted molar refractivity (Wildman–Crippen MR) is 73.2 cm³/mol. The van der Waals surface area contributed by atoms with Crippen LogP contribution >= 0.6 is 23.5 Å². The number of fused-ring (bicyclic) bond motifs is 1. The Balaban J connectivity index is 1.57. The van der Waals surface area contributed by atoms with E-state index in [1.165, 1.54) is 0 Å². The number of hydrogen-bond donors (Lipinski definition) is 0. The lowest BCUT2D eigenvalue weighted by molar-refractivity contribution is 0.559. The molecule has 0 N–H and O–H groups in total. The van der Waals surface area contributed by atoms with Gasteiger partial charge in [-0.15, -0.1) is 0 Å². The summed E-state index contributed by atoms with van der Waals surface area (Å²) in [4.78, 5) is 9.29. The van der Waals surface area contributed by atoms with Crippen molar-refractivity contribution in [3.8, 4) is 0 Å². The van der Waals surface area contributed by atoms with Gasteiger partial charge < -0.3 is 8.83 Å². The van der Waals surface area contributed by atoms with Crippen molar-refractivity contribution in [1.82, 2.24) is 0 Å². The highest BCUT2D eigenvalue weighted by molar-refractivity contribution is 8.20. The molecule has 2 unspecified atom stereocenters. The lowest BCUT2D eigenvalue weighted by Crippen LogP contribution is -2.03. The van der Waals surface area contributed by atoms with Gasteiger partial charge in [-0.3, -0.25) is 9.98 Å². The maximum absolute atomic E-state index is 5.35. The lowest BCUT2D eigenvalue weighted by Gasteiger charge is -1.99. The summed E-state index contributed by atoms with van der Waals surface area (Å²) in [5.74, 6) is 1.65. The van der Waals surface area contributed by atoms with Crippen molar-refractivity contribution in [3.63, 3.8) is 0 Å². The summed E-state index contributed by atoms with van der Waals surface area (Å²) >= 11 is 3.29. The van der Waals surface area contributed by atoms with Crippen LogP contribution in [0.5, 0.6) is 0 Å². The van der Waals surface area contributed by atoms with E-state index in [-0.39, 0.29) is 10.7 Å². The molecule has 4 nitrogen and oxygen atoms in total. The van der Waals surface area contributed by atoms with Gasteiger partial charge in [0.1, 0.15) is 20.8 Å². The van der Waals surface area contributed by atoms with E-state index in [0.29, 0.717) is 0 Å². The molecule has 18 heavy (non-hydrogen) atoms. The smallest absolute Gasteiger partial charge is 0.158 e. The van der Waals surface area contributed by atoms with E-state index in [2.05, 4.69) is 9.98 Å². The maximum atomic E-state index is 5.35. The van der Waals surface area contributed by atoms with Crippen molar-refractivity contribution in [1.29, 1.82) is 0 Å². The molecule has 2 aromatic rings. The van der Waals surface area contributed by atoms with Crippen molar-refractivity contribution in [2.24, 2.45) is 9.98 Å². The highest BCUT2D eigenvalue weighted by Crippen LogP contribution is 2.43. The van der Waals surface area contributed by atoms with Gasteiger partial charge in [0.25, 0.3) is 0 Å². The summed E-state index contributed by atoms with van der Waals surface area (Å²) in [6, 6.07) is 7.60. The molecule has 4 heterocycles. The molecule has 6 heteroatoms. The first-order valence-corrected chi connectivity index (χ1v) is 7.23. The number of furan rings is 2. The van der Waals surface area contributed by atoms with Crippen molar-refractivity contribution >= 4 is 33.6 Å². The molecule has 0 saturated carbocycles. The first-order valence-electron chi connectivity index (χ1n) is 5.47. The summed E-state index contributed by atoms with van der Waals surface area (Å²) < 4.78 is 10.7. The van der Waals surface area contributed by atoms with E-state index in [9.17, 15) is 0 Å². The van der Waals surface area contributed by atoms with Crippen LogP contribution in [0.4, 0.5) is 0 Å². The van der Waals surface area contributed by atoms with Gasteiger partial charge in [0.15, 0.2) is 11.5 Å². The number of aliphatic imine (C=N–C) groups is 2. The Morgan fingerprint density at radius 1 is 0.833 bits per heavy atom. The van der Waals surface area contributed by atoms with Gasteiger partial charge in [-0.05, 0) is 24.3 Å². The SMILES string of the molecule is c1coc(C2=NC3SC(c4ccco4)=NC3S2)c1. The maximum Gasteiger partial charge on any atom is 0.158 e. The summed E-state index contributed by atoms with van der Waals surface area (Å²) in [7, 11) is 0. The van der Waals surface area contributed by atoms with Crippen LogP contribution in [0.25, 0.3) is 0 Å². The zero-order valence-electron chi connectivity index (χ0n) is 9.15. The molecule has 0 amide bonds. The Morgan fingerprint density at radius 2 is 1.33 bits per heavy atom. The quantitative estimate of drug-likeness (QED) is 0.845. The second-order valence-corrected chi connectivity index (χ2v) is 6.05. The highest BCUT2D eigenvalue weighted by atomic mass is 32.2. The van der Waals surface area contributed by atoms with Crippen molar-refractivity contribution in [2.45, 2.75) is 10.7 Å². The molecule has 90 valence electrons. The standard InChI is InChI=1S/C12H8N2O2S2/c1-3-7(15-5-1)9-13-11-12(17-9)14-10(18-11)8-4-2-6-16-8/h1-6,11-12H. The van der Waals surface area contributed by atoms with Crippen LogP contribution in [-0.4, -0.2) is 20.8 Å². The summed E-state index contributed by atoms with van der Waals surface area (Å²) in [5.41, 5.74) is 0. The van der Waals surface area contributed by atoms with Crippen LogP contribution < -0.4 is 0 Å². The zero-order chi connectivity index (χ0) is 11.9. The lowest BCUT2D eigenvalue weighted by atomic mass is 10.5. The molecular formula is C12H8N2O2S2. The summed E-state index contributed by atoms with van der Waals surface area (Å²) in [6.07, 6.45) is 3.33. The molecule has 0 saturated heterocycles. The monoisotopic (exact) mass is 276 g/mol. The Hall–Kier alpha value is -1.40. The van der Waals surface area contributed by atoms with Crippen molar-refractivity contribution < 1.29 is 8.83 Å². The van der Waals surface area contributed by atoms with E-state index in [1.54, 1.807) is 36.1 Å². The molecule has 2 atom stereocenters. The molecule has 0 spiro atoms. The van der Waals surface area contributed by atoms with Crippen molar-refractivity contribution in [3.05, 3.63) is 48.3 Å². The van der Waals surface area contributed by atoms with E-state index in [4.69, 9.17) is 8.83 Å². The molecule has 4 rings (SSSR count). The zero-order valence-corrected chi connectivity index (χ0v) is 10.8. The average molecular weight is 276 g/mol. The summed E-state index contributed by atoms with van der Waals surface area (Å²) in [6.45, 7) is 0. The molecule has 0 fully saturated rings. The van der Waals surface area contributed by atoms with Gasteiger partial charge in [-0.1, -0.05) is 23.5 Å². The predicted octanol–water partition coefficient (Wildman–Crippen LogP) is 3.21. The highest BCUT2D eigenvalue weighted by Gasteiger charge is 2.38.